The van der Waals surface area contributed by atoms with E-state index in [9.17, 15) is 9.90 Å². The number of anilines is 2. The molecule has 4 aromatic rings. The minimum absolute atomic E-state index is 0.113. The van der Waals surface area contributed by atoms with Crippen LogP contribution in [0.2, 0.25) is 0 Å². The number of carbonyl (C=O) groups is 1. The first-order chi connectivity index (χ1) is 20.6. The number of ether oxygens (including phenoxy) is 3. The van der Waals surface area contributed by atoms with Crippen LogP contribution in [0.4, 0.5) is 15.6 Å². The number of amides is 2. The summed E-state index contributed by atoms with van der Waals surface area (Å²) in [5.41, 5.74) is 1.29. The summed E-state index contributed by atoms with van der Waals surface area (Å²) < 4.78 is 21.5. The summed E-state index contributed by atoms with van der Waals surface area (Å²) in [6.45, 7) is 3.69. The zero-order chi connectivity index (χ0) is 28.7. The second-order valence-corrected chi connectivity index (χ2v) is 10.8. The van der Waals surface area contributed by atoms with Crippen LogP contribution in [0.1, 0.15) is 30.3 Å². The largest absolute Gasteiger partial charge is 0.474 e. The molecule has 218 valence electrons. The molecule has 2 saturated heterocycles. The first kappa shape index (κ1) is 27.9. The van der Waals surface area contributed by atoms with E-state index in [0.717, 1.165) is 23.7 Å². The van der Waals surface area contributed by atoms with Gasteiger partial charge in [0.15, 0.2) is 5.82 Å². The van der Waals surface area contributed by atoms with Crippen molar-refractivity contribution >= 4 is 28.4 Å². The molecule has 6 rings (SSSR count). The molecular formula is C30H32N6O5S. The van der Waals surface area contributed by atoms with Gasteiger partial charge in [-0.3, -0.25) is 0 Å². The molecule has 2 aliphatic rings. The summed E-state index contributed by atoms with van der Waals surface area (Å²) in [5, 5.41) is 14.5. The molecule has 42 heavy (non-hydrogen) atoms. The summed E-state index contributed by atoms with van der Waals surface area (Å²) in [7, 11) is 0. The first-order valence-corrected chi connectivity index (χ1v) is 14.7. The quantitative estimate of drug-likeness (QED) is 0.301. The average molecular weight is 589 g/mol. The number of hydrogen-bond acceptors (Lipinski definition) is 10. The molecule has 1 unspecified atom stereocenters. The van der Waals surface area contributed by atoms with E-state index in [4.69, 9.17) is 14.2 Å². The zero-order valence-electron chi connectivity index (χ0n) is 23.0. The van der Waals surface area contributed by atoms with Crippen molar-refractivity contribution in [3.8, 4) is 17.4 Å². The van der Waals surface area contributed by atoms with Crippen LogP contribution in [0, 0.1) is 0 Å². The van der Waals surface area contributed by atoms with Gasteiger partial charge < -0.3 is 34.4 Å². The van der Waals surface area contributed by atoms with Crippen molar-refractivity contribution in [2.24, 2.45) is 0 Å². The number of nitrogens with one attached hydrogen (secondary N) is 1. The fourth-order valence-corrected chi connectivity index (χ4v) is 5.50. The first-order valence-electron chi connectivity index (χ1n) is 14.0. The van der Waals surface area contributed by atoms with Gasteiger partial charge in [-0.05, 0) is 35.9 Å². The number of benzene rings is 2. The maximum atomic E-state index is 12.8. The van der Waals surface area contributed by atoms with Gasteiger partial charge in [0.1, 0.15) is 23.7 Å². The summed E-state index contributed by atoms with van der Waals surface area (Å²) in [6.07, 6.45) is 2.48. The second-order valence-electron chi connectivity index (χ2n) is 10.0. The van der Waals surface area contributed by atoms with Gasteiger partial charge in [-0.15, -0.1) is 0 Å². The Morgan fingerprint density at radius 3 is 2.43 bits per heavy atom. The Balaban J connectivity index is 0.976. The molecule has 2 aromatic heterocycles. The van der Waals surface area contributed by atoms with E-state index in [1.807, 2.05) is 54.6 Å². The molecule has 2 amide bonds. The highest BCUT2D eigenvalue weighted by Gasteiger charge is 2.25. The molecule has 0 bridgehead atoms. The van der Waals surface area contributed by atoms with Crippen LogP contribution >= 0.6 is 11.5 Å². The molecule has 11 nitrogen and oxygen atoms in total. The smallest absolute Gasteiger partial charge is 0.322 e. The maximum absolute atomic E-state index is 12.8. The number of piperazine rings is 1. The van der Waals surface area contributed by atoms with E-state index < -0.39 is 6.10 Å². The number of aliphatic hydroxyl groups excluding tert-OH is 1. The number of urea groups is 1. The Labute approximate surface area is 247 Å². The van der Waals surface area contributed by atoms with E-state index in [1.54, 1.807) is 23.2 Å². The fraction of sp³-hybridized carbons (Fsp3) is 0.333. The van der Waals surface area contributed by atoms with Crippen molar-refractivity contribution in [2.75, 3.05) is 49.6 Å². The molecule has 0 saturated carbocycles. The SMILES string of the molecule is O=C(Nc1ccc(OC2CCOCC2)nc1)N1CCN(c2nc(C(O)c3ccc(Oc4ccccc4)cc3)ns2)CC1. The van der Waals surface area contributed by atoms with Crippen LogP contribution in [-0.2, 0) is 4.74 Å². The van der Waals surface area contributed by atoms with Gasteiger partial charge in [0.05, 0.1) is 25.1 Å². The number of carbonyl (C=O) groups excluding carboxylic acids is 1. The lowest BCUT2D eigenvalue weighted by molar-refractivity contribution is 0.0237. The standard InChI is InChI=1S/C30H32N6O5S/c37-27(21-6-9-24(10-7-21)40-23-4-2-1-3-5-23)28-33-30(42-34-28)36-16-14-35(15-17-36)29(38)32-22-8-11-26(31-20-22)41-25-12-18-39-19-13-25/h1-11,20,25,27,37H,12-19H2,(H,32,38). The van der Waals surface area contributed by atoms with Crippen LogP contribution in [0.25, 0.3) is 0 Å². The fourth-order valence-electron chi connectivity index (χ4n) is 4.75. The molecule has 12 heteroatoms. The zero-order valence-corrected chi connectivity index (χ0v) is 23.8. The Morgan fingerprint density at radius 2 is 1.71 bits per heavy atom. The lowest BCUT2D eigenvalue weighted by atomic mass is 10.1. The number of aromatic nitrogens is 3. The van der Waals surface area contributed by atoms with Crippen LogP contribution in [0.15, 0.2) is 72.9 Å². The van der Waals surface area contributed by atoms with Crippen LogP contribution < -0.4 is 19.7 Å². The van der Waals surface area contributed by atoms with Gasteiger partial charge in [0.25, 0.3) is 0 Å². The number of para-hydroxylation sites is 1. The highest BCUT2D eigenvalue weighted by atomic mass is 32.1. The third kappa shape index (κ3) is 6.96. The van der Waals surface area contributed by atoms with E-state index in [0.29, 0.717) is 68.1 Å². The van der Waals surface area contributed by atoms with Crippen molar-refractivity contribution in [1.29, 1.82) is 0 Å². The number of rotatable bonds is 8. The van der Waals surface area contributed by atoms with E-state index in [-0.39, 0.29) is 12.1 Å². The molecule has 4 heterocycles. The highest BCUT2D eigenvalue weighted by molar-refractivity contribution is 7.09. The van der Waals surface area contributed by atoms with Crippen LogP contribution in [-0.4, -0.2) is 75.9 Å². The van der Waals surface area contributed by atoms with Crippen LogP contribution in [0.3, 0.4) is 0 Å². The number of aliphatic hydroxyl groups is 1. The molecular weight excluding hydrogens is 556 g/mol. The number of pyridine rings is 1. The van der Waals surface area contributed by atoms with Gasteiger partial charge in [-0.1, -0.05) is 30.3 Å². The summed E-state index contributed by atoms with van der Waals surface area (Å²) in [5.74, 6) is 2.32. The van der Waals surface area contributed by atoms with Crippen molar-refractivity contribution in [1.82, 2.24) is 19.2 Å². The molecule has 2 aliphatic heterocycles. The van der Waals surface area contributed by atoms with Crippen molar-refractivity contribution < 1.29 is 24.1 Å². The third-order valence-corrected chi connectivity index (χ3v) is 7.92. The van der Waals surface area contributed by atoms with Gasteiger partial charge >= 0.3 is 6.03 Å². The highest BCUT2D eigenvalue weighted by Crippen LogP contribution is 2.28. The molecule has 2 N–H and O–H groups in total. The lowest BCUT2D eigenvalue weighted by Crippen LogP contribution is -2.50. The second kappa shape index (κ2) is 13.1. The Kier molecular flexibility index (Phi) is 8.73. The molecule has 1 atom stereocenters. The molecule has 2 aromatic carbocycles. The van der Waals surface area contributed by atoms with Crippen molar-refractivity contribution in [2.45, 2.75) is 25.0 Å². The van der Waals surface area contributed by atoms with Crippen LogP contribution in [0.5, 0.6) is 17.4 Å². The Bertz CT molecular complexity index is 1440. The molecule has 0 aliphatic carbocycles. The average Bonchev–Trinajstić information content (AvgIpc) is 3.54. The van der Waals surface area contributed by atoms with Crippen molar-refractivity contribution in [3.05, 3.63) is 84.3 Å². The predicted molar refractivity (Wildman–Crippen MR) is 158 cm³/mol. The van der Waals surface area contributed by atoms with E-state index >= 15 is 0 Å². The van der Waals surface area contributed by atoms with Gasteiger partial charge in [0.2, 0.25) is 11.0 Å². The lowest BCUT2D eigenvalue weighted by Gasteiger charge is -2.34. The summed E-state index contributed by atoms with van der Waals surface area (Å²) in [6, 6.07) is 20.2. The Hall–Kier alpha value is -4.26. The van der Waals surface area contributed by atoms with Crippen molar-refractivity contribution in [3.63, 3.8) is 0 Å². The monoisotopic (exact) mass is 588 g/mol. The normalized spacial score (nSPS) is 16.6. The molecule has 0 radical (unpaired) electrons. The van der Waals surface area contributed by atoms with Gasteiger partial charge in [-0.25, -0.2) is 14.8 Å². The van der Waals surface area contributed by atoms with Gasteiger partial charge in [-0.2, -0.15) is 4.37 Å². The minimum Gasteiger partial charge on any atom is -0.474 e. The minimum atomic E-state index is -0.949. The van der Waals surface area contributed by atoms with E-state index in [1.165, 1.54) is 11.5 Å². The molecule has 2 fully saturated rings. The summed E-state index contributed by atoms with van der Waals surface area (Å²) in [4.78, 5) is 25.6. The van der Waals surface area contributed by atoms with E-state index in [2.05, 4.69) is 24.6 Å². The third-order valence-electron chi connectivity index (χ3n) is 7.13. The Morgan fingerprint density at radius 1 is 0.976 bits per heavy atom. The topological polar surface area (TPSA) is 122 Å². The predicted octanol–water partition coefficient (Wildman–Crippen LogP) is 4.72. The summed E-state index contributed by atoms with van der Waals surface area (Å²) >= 11 is 1.24. The number of nitrogens with zero attached hydrogens (tertiary/aromatic N) is 5. The maximum Gasteiger partial charge on any atom is 0.322 e. The number of hydrogen-bond donors (Lipinski definition) is 2. The molecule has 0 spiro atoms. The van der Waals surface area contributed by atoms with Gasteiger partial charge in [0, 0.05) is 56.6 Å².